The Balaban J connectivity index is 0.00000150. The van der Waals surface area contributed by atoms with Gasteiger partial charge >= 0.3 is 0 Å². The van der Waals surface area contributed by atoms with Crippen molar-refractivity contribution in [3.63, 3.8) is 0 Å². The molecule has 0 bridgehead atoms. The van der Waals surface area contributed by atoms with Crippen LogP contribution >= 0.6 is 36.4 Å². The Morgan fingerprint density at radius 3 is 2.69 bits per heavy atom. The first-order valence-electron chi connectivity index (χ1n) is 9.63. The molecule has 2 fully saturated rings. The lowest BCUT2D eigenvalue weighted by atomic mass is 10.0. The third-order valence-corrected chi connectivity index (χ3v) is 5.70. The minimum absolute atomic E-state index is 0. The highest BCUT2D eigenvalue weighted by Crippen LogP contribution is 2.27. The molecule has 29 heavy (non-hydrogen) atoms. The topological polar surface area (TPSA) is 75.1 Å². The number of amides is 1. The van der Waals surface area contributed by atoms with E-state index in [4.69, 9.17) is 11.6 Å². The molecule has 1 unspecified atom stereocenters. The van der Waals surface area contributed by atoms with Gasteiger partial charge in [-0.15, -0.1) is 29.9 Å². The normalized spacial score (nSPS) is 19.8. The van der Waals surface area contributed by atoms with Gasteiger partial charge in [-0.2, -0.15) is 0 Å². The average molecular weight is 462 g/mol. The summed E-state index contributed by atoms with van der Waals surface area (Å²) >= 11 is 6.33. The number of halogens is 3. The first-order chi connectivity index (χ1) is 13.2. The molecule has 2 aliphatic heterocycles. The maximum absolute atomic E-state index is 12.6. The van der Waals surface area contributed by atoms with Crippen LogP contribution in [0.25, 0.3) is 0 Å². The fourth-order valence-electron chi connectivity index (χ4n) is 3.91. The molecule has 10 heteroatoms. The van der Waals surface area contributed by atoms with Crippen LogP contribution in [0.4, 0.5) is 5.69 Å². The van der Waals surface area contributed by atoms with Gasteiger partial charge in [-0.1, -0.05) is 28.9 Å². The molecule has 2 aromatic rings. The van der Waals surface area contributed by atoms with E-state index in [-0.39, 0.29) is 36.8 Å². The van der Waals surface area contributed by atoms with Crippen LogP contribution in [0.5, 0.6) is 0 Å². The number of piperidine rings is 2. The van der Waals surface area contributed by atoms with Gasteiger partial charge in [0.2, 0.25) is 0 Å². The molecule has 1 atom stereocenters. The summed E-state index contributed by atoms with van der Waals surface area (Å²) in [4.78, 5) is 14.9. The third-order valence-electron chi connectivity index (χ3n) is 5.38. The zero-order valence-corrected chi connectivity index (χ0v) is 18.5. The number of anilines is 1. The Bertz CT molecular complexity index is 796. The highest BCUT2D eigenvalue weighted by molar-refractivity contribution is 6.33. The van der Waals surface area contributed by atoms with E-state index >= 15 is 0 Å². The number of aromatic nitrogens is 3. The molecule has 2 aliphatic rings. The SMILES string of the molecule is Cl.Cl.O=C(NC1CCCN(c2ccccc2Cl)C1)c1cn(C2CCNCC2)nn1. The van der Waals surface area contributed by atoms with Crippen LogP contribution < -0.4 is 15.5 Å². The lowest BCUT2D eigenvalue weighted by Gasteiger charge is -2.35. The van der Waals surface area contributed by atoms with Gasteiger partial charge in [0.1, 0.15) is 0 Å². The van der Waals surface area contributed by atoms with Gasteiger partial charge in [-0.25, -0.2) is 4.68 Å². The summed E-state index contributed by atoms with van der Waals surface area (Å²) in [6, 6.07) is 8.25. The van der Waals surface area contributed by atoms with Crippen molar-refractivity contribution in [3.8, 4) is 0 Å². The quantitative estimate of drug-likeness (QED) is 0.732. The van der Waals surface area contributed by atoms with Crippen molar-refractivity contribution in [1.82, 2.24) is 25.6 Å². The van der Waals surface area contributed by atoms with Gasteiger partial charge < -0.3 is 15.5 Å². The summed E-state index contributed by atoms with van der Waals surface area (Å²) in [7, 11) is 0. The summed E-state index contributed by atoms with van der Waals surface area (Å²) in [5.41, 5.74) is 1.42. The maximum Gasteiger partial charge on any atom is 0.273 e. The van der Waals surface area contributed by atoms with E-state index in [2.05, 4.69) is 25.8 Å². The van der Waals surface area contributed by atoms with E-state index in [9.17, 15) is 4.79 Å². The van der Waals surface area contributed by atoms with Gasteiger partial charge in [0.25, 0.3) is 5.91 Å². The highest BCUT2D eigenvalue weighted by atomic mass is 35.5. The Morgan fingerprint density at radius 1 is 1.17 bits per heavy atom. The monoisotopic (exact) mass is 460 g/mol. The summed E-state index contributed by atoms with van der Waals surface area (Å²) in [6.07, 6.45) is 5.77. The minimum atomic E-state index is -0.152. The molecule has 2 N–H and O–H groups in total. The molecule has 7 nitrogen and oxygen atoms in total. The van der Waals surface area contributed by atoms with Crippen LogP contribution in [-0.4, -0.2) is 53.1 Å². The number of nitrogens with zero attached hydrogens (tertiary/aromatic N) is 4. The Kier molecular flexibility index (Phi) is 9.02. The van der Waals surface area contributed by atoms with Crippen molar-refractivity contribution in [2.24, 2.45) is 0 Å². The van der Waals surface area contributed by atoms with Crippen molar-refractivity contribution < 1.29 is 4.79 Å². The first kappa shape index (κ1) is 23.7. The molecule has 4 rings (SSSR count). The van der Waals surface area contributed by atoms with Crippen LogP contribution in [0.15, 0.2) is 30.5 Å². The second-order valence-corrected chi connectivity index (χ2v) is 7.68. The van der Waals surface area contributed by atoms with Gasteiger partial charge in [-0.3, -0.25) is 4.79 Å². The zero-order chi connectivity index (χ0) is 18.6. The number of carbonyl (C=O) groups excluding carboxylic acids is 1. The molecule has 0 spiro atoms. The molecule has 0 radical (unpaired) electrons. The van der Waals surface area contributed by atoms with E-state index in [0.717, 1.165) is 62.6 Å². The minimum Gasteiger partial charge on any atom is -0.368 e. The molecule has 0 aliphatic carbocycles. The molecule has 2 saturated heterocycles. The van der Waals surface area contributed by atoms with Crippen LogP contribution in [0.1, 0.15) is 42.2 Å². The number of hydrogen-bond donors (Lipinski definition) is 2. The lowest BCUT2D eigenvalue weighted by molar-refractivity contribution is 0.0928. The Morgan fingerprint density at radius 2 is 1.93 bits per heavy atom. The van der Waals surface area contributed by atoms with Crippen molar-refractivity contribution >= 4 is 48.0 Å². The van der Waals surface area contributed by atoms with E-state index in [1.165, 1.54) is 0 Å². The number of benzene rings is 1. The van der Waals surface area contributed by atoms with Gasteiger partial charge in [0.05, 0.1) is 22.9 Å². The number of para-hydroxylation sites is 1. The number of hydrogen-bond acceptors (Lipinski definition) is 5. The summed E-state index contributed by atoms with van der Waals surface area (Å²) in [5, 5.41) is 15.5. The standard InChI is InChI=1S/C19H25ClN6O.2ClH/c20-16-5-1-2-6-18(16)25-11-3-4-14(12-25)22-19(27)17-13-26(24-23-17)15-7-9-21-10-8-15;;/h1-2,5-6,13-15,21H,3-4,7-12H2,(H,22,27);2*1H. The lowest BCUT2D eigenvalue weighted by Crippen LogP contribution is -2.48. The maximum atomic E-state index is 12.6. The molecule has 0 saturated carbocycles. The second kappa shape index (κ2) is 11.0. The highest BCUT2D eigenvalue weighted by Gasteiger charge is 2.25. The smallest absolute Gasteiger partial charge is 0.273 e. The van der Waals surface area contributed by atoms with E-state index in [1.54, 1.807) is 6.20 Å². The second-order valence-electron chi connectivity index (χ2n) is 7.28. The van der Waals surface area contributed by atoms with Gasteiger partial charge in [0, 0.05) is 19.1 Å². The number of rotatable bonds is 4. The summed E-state index contributed by atoms with van der Waals surface area (Å²) < 4.78 is 1.84. The molecule has 1 aromatic carbocycles. The van der Waals surface area contributed by atoms with Gasteiger partial charge in [0.15, 0.2) is 5.69 Å². The summed E-state index contributed by atoms with van der Waals surface area (Å²) in [6.45, 7) is 3.65. The van der Waals surface area contributed by atoms with Gasteiger partial charge in [-0.05, 0) is 50.9 Å². The fraction of sp³-hybridized carbons (Fsp3) is 0.526. The molecular weight excluding hydrogens is 435 g/mol. The first-order valence-corrected chi connectivity index (χ1v) is 10.0. The van der Waals surface area contributed by atoms with Crippen LogP contribution in [0.3, 0.4) is 0 Å². The largest absolute Gasteiger partial charge is 0.368 e. The van der Waals surface area contributed by atoms with E-state index in [0.29, 0.717) is 11.7 Å². The molecule has 1 aromatic heterocycles. The van der Waals surface area contributed by atoms with Crippen LogP contribution in [-0.2, 0) is 0 Å². The fourth-order valence-corrected chi connectivity index (χ4v) is 4.17. The summed E-state index contributed by atoms with van der Waals surface area (Å²) in [5.74, 6) is -0.152. The van der Waals surface area contributed by atoms with Crippen molar-refractivity contribution in [2.75, 3.05) is 31.1 Å². The number of nitrogens with one attached hydrogen (secondary N) is 2. The molecular formula is C19H27Cl3N6O. The Labute approximate surface area is 188 Å². The zero-order valence-electron chi connectivity index (χ0n) is 16.1. The van der Waals surface area contributed by atoms with E-state index in [1.807, 2.05) is 28.9 Å². The van der Waals surface area contributed by atoms with Crippen molar-refractivity contribution in [2.45, 2.75) is 37.8 Å². The molecule has 3 heterocycles. The van der Waals surface area contributed by atoms with E-state index < -0.39 is 0 Å². The predicted octanol–water partition coefficient (Wildman–Crippen LogP) is 3.10. The molecule has 160 valence electrons. The third kappa shape index (κ3) is 5.75. The Hall–Kier alpha value is -1.54. The average Bonchev–Trinajstić information content (AvgIpc) is 3.20. The van der Waals surface area contributed by atoms with Crippen molar-refractivity contribution in [1.29, 1.82) is 0 Å². The number of carbonyl (C=O) groups is 1. The van der Waals surface area contributed by atoms with Crippen molar-refractivity contribution in [3.05, 3.63) is 41.2 Å². The van der Waals surface area contributed by atoms with Crippen LogP contribution in [0, 0.1) is 0 Å². The predicted molar refractivity (Wildman–Crippen MR) is 120 cm³/mol. The molecule has 1 amide bonds. The van der Waals surface area contributed by atoms with Crippen LogP contribution in [0.2, 0.25) is 5.02 Å².